The molecule has 4 aromatic carbocycles. The fraction of sp³-hybridized carbons (Fsp3) is 0.118. The van der Waals surface area contributed by atoms with Crippen molar-refractivity contribution in [2.75, 3.05) is 18.1 Å². The van der Waals surface area contributed by atoms with E-state index in [1.807, 2.05) is 42.5 Å². The Bertz CT molecular complexity index is 1790. The van der Waals surface area contributed by atoms with Gasteiger partial charge in [0.25, 0.3) is 0 Å². The first-order valence-electron chi connectivity index (χ1n) is 13.6. The predicted octanol–water partition coefficient (Wildman–Crippen LogP) is 6.69. The summed E-state index contributed by atoms with van der Waals surface area (Å²) >= 11 is 1.27. The molecule has 0 unspecified atom stereocenters. The third kappa shape index (κ3) is 6.32. The van der Waals surface area contributed by atoms with Crippen LogP contribution < -0.4 is 14.4 Å². The molecule has 0 bridgehead atoms. The maximum Gasteiger partial charge on any atom is 0.353 e. The fourth-order valence-corrected chi connectivity index (χ4v) is 5.42. The van der Waals surface area contributed by atoms with E-state index in [2.05, 4.69) is 0 Å². The van der Waals surface area contributed by atoms with E-state index in [0.29, 0.717) is 27.6 Å². The Morgan fingerprint density at radius 2 is 1.56 bits per heavy atom. The van der Waals surface area contributed by atoms with Crippen LogP contribution >= 0.6 is 11.3 Å². The first-order valence-corrected chi connectivity index (χ1v) is 14.4. The number of esters is 2. The van der Waals surface area contributed by atoms with E-state index in [0.717, 1.165) is 16.5 Å². The number of nitrogens with zero attached hydrogens (tertiary/aromatic N) is 1. The highest BCUT2D eigenvalue weighted by atomic mass is 32.1. The van der Waals surface area contributed by atoms with Crippen molar-refractivity contribution in [3.05, 3.63) is 119 Å². The number of rotatable bonds is 9. The zero-order valence-electron chi connectivity index (χ0n) is 22.8. The summed E-state index contributed by atoms with van der Waals surface area (Å²) in [5.74, 6) is -0.745. The second kappa shape index (κ2) is 12.3. The van der Waals surface area contributed by atoms with E-state index in [9.17, 15) is 19.2 Å². The van der Waals surface area contributed by atoms with Gasteiger partial charge in [-0.25, -0.2) is 4.79 Å². The molecule has 9 heteroatoms. The van der Waals surface area contributed by atoms with Gasteiger partial charge in [-0.15, -0.1) is 11.3 Å². The summed E-state index contributed by atoms with van der Waals surface area (Å²) in [6.07, 6.45) is -0.00835. The summed E-state index contributed by atoms with van der Waals surface area (Å²) < 4.78 is 16.7. The van der Waals surface area contributed by atoms with Crippen molar-refractivity contribution >= 4 is 51.4 Å². The maximum absolute atomic E-state index is 12.7. The van der Waals surface area contributed by atoms with E-state index in [1.165, 1.54) is 40.5 Å². The minimum atomic E-state index is -0.689. The Balaban J connectivity index is 1.01. The molecular weight excluding hydrogens is 566 g/mol. The molecule has 1 aliphatic heterocycles. The van der Waals surface area contributed by atoms with Crippen LogP contribution in [0.3, 0.4) is 0 Å². The second-order valence-corrected chi connectivity index (χ2v) is 10.8. The number of ketones is 1. The summed E-state index contributed by atoms with van der Waals surface area (Å²) in [5.41, 5.74) is 0.945. The molecule has 0 aliphatic carbocycles. The molecule has 0 spiro atoms. The minimum Gasteiger partial charge on any atom is -0.457 e. The molecule has 0 radical (unpaired) electrons. The fourth-order valence-electron chi connectivity index (χ4n) is 4.82. The van der Waals surface area contributed by atoms with Gasteiger partial charge in [0, 0.05) is 29.6 Å². The van der Waals surface area contributed by atoms with Crippen molar-refractivity contribution < 1.29 is 33.4 Å². The van der Waals surface area contributed by atoms with Gasteiger partial charge in [0.2, 0.25) is 5.91 Å². The first-order chi connectivity index (χ1) is 20.9. The lowest BCUT2D eigenvalue weighted by molar-refractivity contribution is -0.147. The van der Waals surface area contributed by atoms with Crippen molar-refractivity contribution in [3.63, 3.8) is 0 Å². The molecule has 6 rings (SSSR count). The molecule has 1 aliphatic rings. The van der Waals surface area contributed by atoms with Crippen LogP contribution in [0.2, 0.25) is 0 Å². The summed E-state index contributed by atoms with van der Waals surface area (Å²) in [4.78, 5) is 52.2. The van der Waals surface area contributed by atoms with Crippen molar-refractivity contribution in [1.82, 2.24) is 0 Å². The van der Waals surface area contributed by atoms with E-state index in [-0.39, 0.29) is 18.9 Å². The van der Waals surface area contributed by atoms with Crippen molar-refractivity contribution in [3.8, 4) is 17.2 Å². The van der Waals surface area contributed by atoms with Crippen LogP contribution in [0.5, 0.6) is 17.2 Å². The molecule has 214 valence electrons. The quantitative estimate of drug-likeness (QED) is 0.107. The van der Waals surface area contributed by atoms with Crippen LogP contribution in [0.25, 0.3) is 10.8 Å². The lowest BCUT2D eigenvalue weighted by Crippen LogP contribution is -2.27. The minimum absolute atomic E-state index is 0.00835. The van der Waals surface area contributed by atoms with Crippen LogP contribution in [0.4, 0.5) is 5.69 Å². The number of carbonyl (C=O) groups is 4. The molecule has 2 heterocycles. The number of amides is 1. The van der Waals surface area contributed by atoms with Crippen molar-refractivity contribution in [1.29, 1.82) is 0 Å². The van der Waals surface area contributed by atoms with Crippen LogP contribution in [0.1, 0.15) is 26.5 Å². The predicted molar refractivity (Wildman–Crippen MR) is 162 cm³/mol. The van der Waals surface area contributed by atoms with Crippen LogP contribution in [0.15, 0.2) is 109 Å². The Morgan fingerprint density at radius 1 is 0.814 bits per heavy atom. The number of fused-ring (bicyclic) bond motifs is 1. The van der Waals surface area contributed by atoms with Gasteiger partial charge in [-0.05, 0) is 71.4 Å². The molecule has 1 saturated heterocycles. The van der Waals surface area contributed by atoms with Crippen molar-refractivity contribution in [2.24, 2.45) is 5.92 Å². The van der Waals surface area contributed by atoms with Crippen molar-refractivity contribution in [2.45, 2.75) is 6.42 Å². The standard InChI is InChI=1S/C34H25NO7S/c36-29(23-10-14-27(15-11-23)42-34(39)31-9-4-18-43-31)21-40-33(38)24-19-32(37)35(20-24)25-12-16-26(17-13-25)41-30-8-3-6-22-5-1-2-7-28(22)30/h1-18,24H,19-21H2/t24-/m1/s1. The molecular formula is C34H25NO7S. The molecule has 5 aromatic rings. The SMILES string of the molecule is O=C(COC(=O)[C@@H]1CC(=O)N(c2ccc(Oc3cccc4ccccc34)cc2)C1)c1ccc(OC(=O)c2cccs2)cc1. The monoisotopic (exact) mass is 591 g/mol. The third-order valence-electron chi connectivity index (χ3n) is 7.04. The van der Waals surface area contributed by atoms with Gasteiger partial charge in [-0.3, -0.25) is 14.4 Å². The van der Waals surface area contributed by atoms with Gasteiger partial charge < -0.3 is 19.1 Å². The van der Waals surface area contributed by atoms with Gasteiger partial charge >= 0.3 is 11.9 Å². The average Bonchev–Trinajstić information content (AvgIpc) is 3.71. The molecule has 43 heavy (non-hydrogen) atoms. The zero-order chi connectivity index (χ0) is 29.8. The highest BCUT2D eigenvalue weighted by molar-refractivity contribution is 7.12. The normalized spacial score (nSPS) is 14.5. The molecule has 0 N–H and O–H groups in total. The number of carbonyl (C=O) groups excluding carboxylic acids is 4. The maximum atomic E-state index is 12.7. The molecule has 1 amide bonds. The summed E-state index contributed by atoms with van der Waals surface area (Å²) in [6, 6.07) is 30.4. The smallest absolute Gasteiger partial charge is 0.353 e. The van der Waals surface area contributed by atoms with Crippen LogP contribution in [0, 0.1) is 5.92 Å². The first kappa shape index (κ1) is 27.9. The Morgan fingerprint density at radius 3 is 2.33 bits per heavy atom. The van der Waals surface area contributed by atoms with Crippen LogP contribution in [-0.4, -0.2) is 36.8 Å². The average molecular weight is 592 g/mol. The topological polar surface area (TPSA) is 99.2 Å². The van der Waals surface area contributed by atoms with E-state index in [4.69, 9.17) is 14.2 Å². The lowest BCUT2D eigenvalue weighted by atomic mass is 10.1. The van der Waals surface area contributed by atoms with Gasteiger partial charge in [0.1, 0.15) is 22.1 Å². The van der Waals surface area contributed by atoms with Gasteiger partial charge in [-0.1, -0.05) is 42.5 Å². The lowest BCUT2D eigenvalue weighted by Gasteiger charge is -2.17. The second-order valence-electron chi connectivity index (χ2n) is 9.90. The van der Waals surface area contributed by atoms with E-state index in [1.54, 1.807) is 41.8 Å². The van der Waals surface area contributed by atoms with Gasteiger partial charge in [0.05, 0.1) is 5.92 Å². The summed E-state index contributed by atoms with van der Waals surface area (Å²) in [6.45, 7) is -0.308. The Labute approximate surface area is 251 Å². The summed E-state index contributed by atoms with van der Waals surface area (Å²) in [7, 11) is 0. The zero-order valence-corrected chi connectivity index (χ0v) is 23.6. The molecule has 1 aromatic heterocycles. The van der Waals surface area contributed by atoms with Gasteiger partial charge in [-0.2, -0.15) is 0 Å². The molecule has 0 saturated carbocycles. The van der Waals surface area contributed by atoms with Crippen LogP contribution in [-0.2, 0) is 14.3 Å². The Hall–Kier alpha value is -5.28. The number of anilines is 1. The summed E-state index contributed by atoms with van der Waals surface area (Å²) in [5, 5.41) is 3.85. The number of ether oxygens (including phenoxy) is 3. The highest BCUT2D eigenvalue weighted by Crippen LogP contribution is 2.32. The molecule has 8 nitrogen and oxygen atoms in total. The highest BCUT2D eigenvalue weighted by Gasteiger charge is 2.36. The van der Waals surface area contributed by atoms with E-state index >= 15 is 0 Å². The molecule has 1 atom stereocenters. The number of hydrogen-bond donors (Lipinski definition) is 0. The number of hydrogen-bond acceptors (Lipinski definition) is 8. The Kier molecular flexibility index (Phi) is 7.97. The number of Topliss-reactive ketones (excluding diaryl/α,β-unsaturated/α-hetero) is 1. The number of benzene rings is 4. The molecule has 1 fully saturated rings. The van der Waals surface area contributed by atoms with Gasteiger partial charge in [0.15, 0.2) is 12.4 Å². The number of thiophene rings is 1. The largest absolute Gasteiger partial charge is 0.457 e. The van der Waals surface area contributed by atoms with E-state index < -0.39 is 30.2 Å². The third-order valence-corrected chi connectivity index (χ3v) is 7.89.